The number of rotatable bonds is 9. The maximum atomic E-state index is 11.9. The van der Waals surface area contributed by atoms with Crippen molar-refractivity contribution in [3.8, 4) is 5.75 Å². The number of carbonyl (C=O) groups is 1. The summed E-state index contributed by atoms with van der Waals surface area (Å²) >= 11 is 0. The molecular formula is C20H30N4O3. The van der Waals surface area contributed by atoms with Crippen molar-refractivity contribution in [3.05, 3.63) is 30.0 Å². The Kier molecular flexibility index (Phi) is 6.58. The van der Waals surface area contributed by atoms with Crippen LogP contribution in [0.3, 0.4) is 0 Å². The van der Waals surface area contributed by atoms with Crippen molar-refractivity contribution >= 4 is 17.0 Å². The van der Waals surface area contributed by atoms with Gasteiger partial charge in [-0.25, -0.2) is 4.79 Å². The highest BCUT2D eigenvalue weighted by Gasteiger charge is 2.16. The molecule has 0 radical (unpaired) electrons. The largest absolute Gasteiger partial charge is 0.454 e. The van der Waals surface area contributed by atoms with Crippen molar-refractivity contribution < 1.29 is 14.3 Å². The van der Waals surface area contributed by atoms with E-state index in [2.05, 4.69) is 34.2 Å². The van der Waals surface area contributed by atoms with E-state index in [1.165, 1.54) is 12.0 Å². The predicted octanol–water partition coefficient (Wildman–Crippen LogP) is 2.43. The summed E-state index contributed by atoms with van der Waals surface area (Å²) in [6.45, 7) is 6.38. The highest BCUT2D eigenvalue weighted by atomic mass is 16.7. The number of likely N-dealkylation sites (tertiary alicyclic amines) is 1. The first-order valence-electron chi connectivity index (χ1n) is 9.60. The number of nitrogens with one attached hydrogen (secondary N) is 2. The quantitative estimate of drug-likeness (QED) is 0.660. The molecule has 2 N–H and O–H groups in total. The van der Waals surface area contributed by atoms with Gasteiger partial charge in [0.15, 0.2) is 0 Å². The van der Waals surface area contributed by atoms with Gasteiger partial charge in [-0.05, 0) is 57.7 Å². The van der Waals surface area contributed by atoms with Gasteiger partial charge in [-0.3, -0.25) is 0 Å². The molecule has 2 aromatic rings. The second-order valence-electron chi connectivity index (χ2n) is 7.26. The molecule has 7 nitrogen and oxygen atoms in total. The van der Waals surface area contributed by atoms with Crippen molar-refractivity contribution in [2.75, 3.05) is 46.8 Å². The SMILES string of the molecule is CC(OC(=O)NCCN1CCC1)Oc1cccc2[nH]cc(CCN(C)C)c12. The Bertz CT molecular complexity index is 755. The fourth-order valence-corrected chi connectivity index (χ4v) is 3.18. The van der Waals surface area contributed by atoms with Crippen LogP contribution >= 0.6 is 0 Å². The fourth-order valence-electron chi connectivity index (χ4n) is 3.18. The summed E-state index contributed by atoms with van der Waals surface area (Å²) in [6, 6.07) is 5.87. The molecule has 3 rings (SSSR count). The van der Waals surface area contributed by atoms with Crippen molar-refractivity contribution in [2.45, 2.75) is 26.1 Å². The number of amides is 1. The van der Waals surface area contributed by atoms with Crippen molar-refractivity contribution in [3.63, 3.8) is 0 Å². The predicted molar refractivity (Wildman–Crippen MR) is 106 cm³/mol. The molecule has 1 unspecified atom stereocenters. The van der Waals surface area contributed by atoms with Gasteiger partial charge in [-0.2, -0.15) is 0 Å². The normalized spacial score (nSPS) is 15.6. The second-order valence-corrected chi connectivity index (χ2v) is 7.26. The van der Waals surface area contributed by atoms with Crippen LogP contribution in [0.5, 0.6) is 5.75 Å². The Morgan fingerprint density at radius 1 is 1.37 bits per heavy atom. The van der Waals surface area contributed by atoms with E-state index < -0.39 is 12.4 Å². The molecule has 1 aliphatic heterocycles. The van der Waals surface area contributed by atoms with E-state index in [1.807, 2.05) is 24.4 Å². The summed E-state index contributed by atoms with van der Waals surface area (Å²) in [4.78, 5) is 19.7. The van der Waals surface area contributed by atoms with Crippen LogP contribution < -0.4 is 10.1 Å². The van der Waals surface area contributed by atoms with Gasteiger partial charge in [0.2, 0.25) is 6.29 Å². The zero-order valence-corrected chi connectivity index (χ0v) is 16.5. The molecule has 1 saturated heterocycles. The number of fused-ring (bicyclic) bond motifs is 1. The molecule has 148 valence electrons. The number of H-pyrrole nitrogens is 1. The molecule has 27 heavy (non-hydrogen) atoms. The van der Waals surface area contributed by atoms with Crippen LogP contribution in [-0.2, 0) is 11.2 Å². The summed E-state index contributed by atoms with van der Waals surface area (Å²) in [5, 5.41) is 3.83. The summed E-state index contributed by atoms with van der Waals surface area (Å²) < 4.78 is 11.3. The van der Waals surface area contributed by atoms with Gasteiger partial charge in [0.25, 0.3) is 0 Å². The van der Waals surface area contributed by atoms with E-state index in [4.69, 9.17) is 9.47 Å². The van der Waals surface area contributed by atoms with E-state index in [1.54, 1.807) is 6.92 Å². The Morgan fingerprint density at radius 3 is 2.89 bits per heavy atom. The minimum absolute atomic E-state index is 0.447. The van der Waals surface area contributed by atoms with Crippen LogP contribution in [0.4, 0.5) is 4.79 Å². The number of hydrogen-bond acceptors (Lipinski definition) is 5. The molecule has 1 aliphatic rings. The Morgan fingerprint density at radius 2 is 2.19 bits per heavy atom. The second kappa shape index (κ2) is 9.10. The molecule has 1 aromatic heterocycles. The summed E-state index contributed by atoms with van der Waals surface area (Å²) in [5.41, 5.74) is 2.22. The van der Waals surface area contributed by atoms with E-state index in [9.17, 15) is 4.79 Å². The first-order chi connectivity index (χ1) is 13.0. The van der Waals surface area contributed by atoms with Gasteiger partial charge in [0.1, 0.15) is 5.75 Å². The number of likely N-dealkylation sites (N-methyl/N-ethyl adjacent to an activating group) is 1. The molecule has 0 saturated carbocycles. The molecule has 0 aliphatic carbocycles. The minimum atomic E-state index is -0.670. The Hall–Kier alpha value is -2.25. The lowest BCUT2D eigenvalue weighted by atomic mass is 10.1. The van der Waals surface area contributed by atoms with Crippen LogP contribution in [0.2, 0.25) is 0 Å². The number of aromatic nitrogens is 1. The van der Waals surface area contributed by atoms with E-state index in [-0.39, 0.29) is 0 Å². The lowest BCUT2D eigenvalue weighted by Gasteiger charge is -2.30. The fraction of sp³-hybridized carbons (Fsp3) is 0.550. The third-order valence-electron chi connectivity index (χ3n) is 4.79. The first-order valence-corrected chi connectivity index (χ1v) is 9.60. The van der Waals surface area contributed by atoms with E-state index in [0.717, 1.165) is 49.3 Å². The van der Waals surface area contributed by atoms with Gasteiger partial charge in [0, 0.05) is 43.7 Å². The van der Waals surface area contributed by atoms with Gasteiger partial charge >= 0.3 is 6.09 Å². The van der Waals surface area contributed by atoms with Crippen molar-refractivity contribution in [2.24, 2.45) is 0 Å². The van der Waals surface area contributed by atoms with E-state index >= 15 is 0 Å². The smallest absolute Gasteiger partial charge is 0.410 e. The Labute approximate surface area is 160 Å². The van der Waals surface area contributed by atoms with E-state index in [0.29, 0.717) is 6.54 Å². The lowest BCUT2D eigenvalue weighted by Crippen LogP contribution is -2.43. The highest BCUT2D eigenvalue weighted by molar-refractivity contribution is 5.89. The number of ether oxygens (including phenoxy) is 2. The molecule has 1 atom stereocenters. The zero-order chi connectivity index (χ0) is 19.2. The van der Waals surface area contributed by atoms with Crippen LogP contribution in [0, 0.1) is 0 Å². The summed E-state index contributed by atoms with van der Waals surface area (Å²) in [5.74, 6) is 0.725. The third kappa shape index (κ3) is 5.37. The standard InChI is InChI=1S/C20H30N4O3/c1-15(27-20(25)21-9-13-24-10-5-11-24)26-18-7-4-6-17-19(18)16(14-22-17)8-12-23(2)3/h4,6-7,14-15,22H,5,8-13H2,1-3H3,(H,21,25). The number of hydrogen-bond donors (Lipinski definition) is 2. The van der Waals surface area contributed by atoms with Crippen molar-refractivity contribution in [1.29, 1.82) is 0 Å². The van der Waals surface area contributed by atoms with Crippen LogP contribution in [0.1, 0.15) is 18.9 Å². The third-order valence-corrected chi connectivity index (χ3v) is 4.79. The average molecular weight is 374 g/mol. The maximum Gasteiger partial charge on any atom is 0.410 e. The molecule has 1 amide bonds. The monoisotopic (exact) mass is 374 g/mol. The number of benzene rings is 1. The highest BCUT2D eigenvalue weighted by Crippen LogP contribution is 2.30. The topological polar surface area (TPSA) is 69.8 Å². The summed E-state index contributed by atoms with van der Waals surface area (Å²) in [7, 11) is 4.12. The Balaban J connectivity index is 1.56. The molecule has 7 heteroatoms. The summed E-state index contributed by atoms with van der Waals surface area (Å²) in [6.07, 6.45) is 3.07. The molecule has 0 bridgehead atoms. The zero-order valence-electron chi connectivity index (χ0n) is 16.5. The minimum Gasteiger partial charge on any atom is -0.454 e. The molecule has 1 fully saturated rings. The maximum absolute atomic E-state index is 11.9. The molecule has 0 spiro atoms. The number of aromatic amines is 1. The molecular weight excluding hydrogens is 344 g/mol. The number of carbonyl (C=O) groups excluding carboxylic acids is 1. The molecule has 1 aromatic carbocycles. The first kappa shape index (κ1) is 19.5. The number of alkyl carbamates (subject to hydrolysis) is 1. The van der Waals surface area contributed by atoms with Gasteiger partial charge < -0.3 is 29.6 Å². The van der Waals surface area contributed by atoms with Gasteiger partial charge in [-0.1, -0.05) is 6.07 Å². The van der Waals surface area contributed by atoms with Crippen LogP contribution in [-0.4, -0.2) is 74.0 Å². The van der Waals surface area contributed by atoms with Crippen molar-refractivity contribution in [1.82, 2.24) is 20.1 Å². The molecule has 2 heterocycles. The van der Waals surface area contributed by atoms with Crippen LogP contribution in [0.15, 0.2) is 24.4 Å². The lowest BCUT2D eigenvalue weighted by molar-refractivity contribution is -0.0175. The van der Waals surface area contributed by atoms with Crippen LogP contribution in [0.25, 0.3) is 10.9 Å². The van der Waals surface area contributed by atoms with Gasteiger partial charge in [-0.15, -0.1) is 0 Å². The average Bonchev–Trinajstić information content (AvgIpc) is 2.99. The number of nitrogens with zero attached hydrogens (tertiary/aromatic N) is 2. The van der Waals surface area contributed by atoms with Gasteiger partial charge in [0.05, 0.1) is 0 Å².